The normalized spacial score (nSPS) is 13.0. The van der Waals surface area contributed by atoms with Crippen LogP contribution < -0.4 is 5.19 Å². The molecule has 0 bridgehead atoms. The molecule has 0 heterocycles. The summed E-state index contributed by atoms with van der Waals surface area (Å²) < 4.78 is 52.4. The van der Waals surface area contributed by atoms with Crippen LogP contribution in [0.3, 0.4) is 0 Å². The van der Waals surface area contributed by atoms with Gasteiger partial charge in [0.05, 0.1) is 6.61 Å². The van der Waals surface area contributed by atoms with Crippen LogP contribution >= 0.6 is 22.2 Å². The molecule has 0 aliphatic heterocycles. The van der Waals surface area contributed by atoms with Crippen LogP contribution in [0, 0.1) is 0 Å². The summed E-state index contributed by atoms with van der Waals surface area (Å²) >= 11 is 12.4. The Hall–Kier alpha value is -0.303. The van der Waals surface area contributed by atoms with Crippen molar-refractivity contribution in [1.29, 1.82) is 0 Å². The molecule has 0 saturated heterocycles. The Morgan fingerprint density at radius 3 is 2.26 bits per heavy atom. The van der Waals surface area contributed by atoms with Gasteiger partial charge in [0.15, 0.2) is 0 Å². The fourth-order valence-corrected chi connectivity index (χ4v) is 4.51. The molecule has 0 radical (unpaired) electrons. The summed E-state index contributed by atoms with van der Waals surface area (Å²) in [6, 6.07) is 9.09. The third kappa shape index (κ3) is 5.29. The van der Waals surface area contributed by atoms with Crippen molar-refractivity contribution in [1.82, 2.24) is 0 Å². The fraction of sp³-hybridized carbons (Fsp3) is 0.455. The second-order valence-corrected chi connectivity index (χ2v) is 10.8. The standard InChI is InChI=1S/C11H12Cl2F4OSi/c12-19(13,9-5-2-1-3-6-9)8-4-7-18-11(16,17)10(14)15/h1-3,5-6,10H,4,7-8H2. The quantitative estimate of drug-likeness (QED) is 0.316. The third-order valence-electron chi connectivity index (χ3n) is 2.38. The molecule has 0 fully saturated rings. The molecule has 0 aliphatic rings. The number of hydrogen-bond acceptors (Lipinski definition) is 1. The van der Waals surface area contributed by atoms with Gasteiger partial charge < -0.3 is 4.74 Å². The molecule has 0 aromatic heterocycles. The number of benzene rings is 1. The van der Waals surface area contributed by atoms with E-state index in [9.17, 15) is 17.6 Å². The lowest BCUT2D eigenvalue weighted by atomic mass is 10.4. The second kappa shape index (κ2) is 6.92. The number of rotatable bonds is 7. The smallest absolute Gasteiger partial charge is 0.316 e. The molecule has 108 valence electrons. The lowest BCUT2D eigenvalue weighted by molar-refractivity contribution is -0.300. The van der Waals surface area contributed by atoms with Crippen LogP contribution in [-0.2, 0) is 4.74 Å². The first kappa shape index (κ1) is 16.8. The SMILES string of the molecule is FC(F)C(F)(F)OCCC[Si](Cl)(Cl)c1ccccc1. The zero-order valence-corrected chi connectivity index (χ0v) is 12.3. The predicted octanol–water partition coefficient (Wildman–Crippen LogP) is 4.08. The maximum absolute atomic E-state index is 12.5. The Morgan fingerprint density at radius 1 is 1.16 bits per heavy atom. The molecule has 8 heteroatoms. The van der Waals surface area contributed by atoms with Crippen LogP contribution in [0.1, 0.15) is 6.42 Å². The van der Waals surface area contributed by atoms with Crippen molar-refractivity contribution < 1.29 is 22.3 Å². The average Bonchev–Trinajstić information content (AvgIpc) is 2.36. The van der Waals surface area contributed by atoms with E-state index in [4.69, 9.17) is 22.2 Å². The zero-order chi connectivity index (χ0) is 14.5. The van der Waals surface area contributed by atoms with Gasteiger partial charge in [-0.05, 0) is 17.7 Å². The largest absolute Gasteiger partial charge is 0.416 e. The van der Waals surface area contributed by atoms with Gasteiger partial charge in [0, 0.05) is 0 Å². The van der Waals surface area contributed by atoms with Crippen molar-refractivity contribution in [3.63, 3.8) is 0 Å². The summed E-state index contributed by atoms with van der Waals surface area (Å²) in [7, 11) is 0. The van der Waals surface area contributed by atoms with Gasteiger partial charge in [0.25, 0.3) is 6.69 Å². The van der Waals surface area contributed by atoms with Crippen LogP contribution in [-0.4, -0.2) is 25.8 Å². The molecule has 1 rings (SSSR count). The molecule has 0 atom stereocenters. The Bertz CT molecular complexity index is 390. The van der Waals surface area contributed by atoms with Crippen molar-refractivity contribution in [2.75, 3.05) is 6.61 Å². The summed E-state index contributed by atoms with van der Waals surface area (Å²) in [6.45, 7) is -3.29. The first-order valence-electron chi connectivity index (χ1n) is 5.49. The van der Waals surface area contributed by atoms with Gasteiger partial charge in [-0.3, -0.25) is 0 Å². The number of hydrogen-bond donors (Lipinski definition) is 0. The van der Waals surface area contributed by atoms with Crippen LogP contribution in [0.2, 0.25) is 6.04 Å². The summed E-state index contributed by atoms with van der Waals surface area (Å²) in [5.74, 6) is 0. The van der Waals surface area contributed by atoms with E-state index in [1.54, 1.807) is 30.3 Å². The van der Waals surface area contributed by atoms with Crippen molar-refractivity contribution >= 4 is 34.0 Å². The van der Waals surface area contributed by atoms with Crippen molar-refractivity contribution in [3.8, 4) is 0 Å². The molecular weight excluding hydrogens is 323 g/mol. The first-order chi connectivity index (χ1) is 8.76. The van der Waals surface area contributed by atoms with Crippen LogP contribution in [0.4, 0.5) is 17.6 Å². The Balaban J connectivity index is 2.41. The lowest BCUT2D eigenvalue weighted by Gasteiger charge is -2.19. The summed E-state index contributed by atoms with van der Waals surface area (Å²) in [5.41, 5.74) is 0. The van der Waals surface area contributed by atoms with E-state index in [-0.39, 0.29) is 12.5 Å². The minimum Gasteiger partial charge on any atom is -0.316 e. The van der Waals surface area contributed by atoms with Crippen LogP contribution in [0.5, 0.6) is 0 Å². The highest BCUT2D eigenvalue weighted by molar-refractivity contribution is 7.50. The lowest BCUT2D eigenvalue weighted by Crippen LogP contribution is -2.37. The maximum atomic E-state index is 12.5. The molecule has 0 saturated carbocycles. The van der Waals surface area contributed by atoms with E-state index in [0.29, 0.717) is 0 Å². The first-order valence-corrected chi connectivity index (χ1v) is 9.72. The zero-order valence-electron chi connectivity index (χ0n) is 9.76. The molecule has 1 aromatic rings. The third-order valence-corrected chi connectivity index (χ3v) is 6.98. The predicted molar refractivity (Wildman–Crippen MR) is 69.9 cm³/mol. The fourth-order valence-electron chi connectivity index (χ4n) is 1.39. The van der Waals surface area contributed by atoms with Gasteiger partial charge in [0.1, 0.15) is 0 Å². The molecule has 0 spiro atoms. The van der Waals surface area contributed by atoms with Crippen LogP contribution in [0.15, 0.2) is 30.3 Å². The molecule has 0 aliphatic carbocycles. The minimum absolute atomic E-state index is 0.0937. The summed E-state index contributed by atoms with van der Waals surface area (Å²) in [4.78, 5) is 0. The van der Waals surface area contributed by atoms with E-state index in [1.807, 2.05) is 0 Å². The van der Waals surface area contributed by atoms with Gasteiger partial charge in [-0.15, -0.1) is 22.2 Å². The van der Waals surface area contributed by atoms with Gasteiger partial charge in [-0.1, -0.05) is 30.3 Å². The summed E-state index contributed by atoms with van der Waals surface area (Å²) in [5, 5.41) is 0.749. The molecule has 0 unspecified atom stereocenters. The van der Waals surface area contributed by atoms with Gasteiger partial charge in [0.2, 0.25) is 0 Å². The van der Waals surface area contributed by atoms with Gasteiger partial charge in [-0.25, -0.2) is 8.78 Å². The molecule has 1 nitrogen and oxygen atoms in total. The van der Waals surface area contributed by atoms with Crippen molar-refractivity contribution in [2.24, 2.45) is 0 Å². The van der Waals surface area contributed by atoms with Gasteiger partial charge in [-0.2, -0.15) is 8.78 Å². The monoisotopic (exact) mass is 334 g/mol. The molecule has 1 aromatic carbocycles. The number of halogens is 6. The second-order valence-electron chi connectivity index (χ2n) is 3.88. The molecule has 19 heavy (non-hydrogen) atoms. The van der Waals surface area contributed by atoms with E-state index in [1.165, 1.54) is 0 Å². The molecule has 0 amide bonds. The number of ether oxygens (including phenoxy) is 1. The molecule has 0 N–H and O–H groups in total. The topological polar surface area (TPSA) is 9.23 Å². The highest BCUT2D eigenvalue weighted by Crippen LogP contribution is 2.26. The van der Waals surface area contributed by atoms with Crippen LogP contribution in [0.25, 0.3) is 0 Å². The molecular formula is C11H12Cl2F4OSi. The Kier molecular flexibility index (Phi) is 6.10. The maximum Gasteiger partial charge on any atom is 0.416 e. The minimum atomic E-state index is -4.42. The van der Waals surface area contributed by atoms with E-state index >= 15 is 0 Å². The van der Waals surface area contributed by atoms with Crippen molar-refractivity contribution in [3.05, 3.63) is 30.3 Å². The summed E-state index contributed by atoms with van der Waals surface area (Å²) in [6.07, 6.45) is -8.16. The Morgan fingerprint density at radius 2 is 1.74 bits per heavy atom. The average molecular weight is 335 g/mol. The Labute approximate surface area is 118 Å². The highest BCUT2D eigenvalue weighted by atomic mass is 35.7. The van der Waals surface area contributed by atoms with E-state index in [0.717, 1.165) is 5.19 Å². The van der Waals surface area contributed by atoms with Crippen molar-refractivity contribution in [2.45, 2.75) is 25.0 Å². The highest BCUT2D eigenvalue weighted by Gasteiger charge is 2.42. The van der Waals surface area contributed by atoms with Gasteiger partial charge >= 0.3 is 12.5 Å². The van der Waals surface area contributed by atoms with E-state index in [2.05, 4.69) is 4.74 Å². The van der Waals surface area contributed by atoms with E-state index < -0.39 is 25.8 Å². The number of alkyl halides is 4.